The molecule has 0 aliphatic heterocycles. The minimum absolute atomic E-state index is 0. The summed E-state index contributed by atoms with van der Waals surface area (Å²) in [6, 6.07) is 0.383. The zero-order valence-corrected chi connectivity index (χ0v) is 23.0. The summed E-state index contributed by atoms with van der Waals surface area (Å²) in [5.41, 5.74) is 2.38. The normalized spacial score (nSPS) is 25.6. The Kier molecular flexibility index (Phi) is 8.79. The number of carbonyl (C=O) groups excluding carboxylic acids is 3. The van der Waals surface area contributed by atoms with Gasteiger partial charge in [-0.25, -0.2) is 0 Å². The van der Waals surface area contributed by atoms with Crippen molar-refractivity contribution in [1.82, 2.24) is 10.2 Å². The number of rotatable bonds is 7. The molecule has 0 saturated heterocycles. The Labute approximate surface area is 241 Å². The molecular weight excluding hydrogens is 561 g/mol. The maximum atomic E-state index is 14.0. The van der Waals surface area contributed by atoms with E-state index in [4.69, 9.17) is 5.73 Å². The summed E-state index contributed by atoms with van der Waals surface area (Å²) in [5, 5.41) is 47.8. The summed E-state index contributed by atoms with van der Waals surface area (Å²) in [5.74, 6) is -7.57. The van der Waals surface area contributed by atoms with Crippen LogP contribution < -0.4 is 16.0 Å². The standard InChI is InChI=1S/C27H33F3N4O7.CH4/c1-33(2)15-9-12(10-32-6-5-26(28,29)30)20(35)17-13(15)7-11-8-14-19(34(3)4)22(37)18(25(31)40)24(39)27(14,41)23(38)16(11)21(17)36;/h9,11,14,19,32,35-36,39,41H,5-8,10H2,1-4H3,(H2,31,40);1H4/t11-,14-,19-,27-;/m0./s1. The van der Waals surface area contributed by atoms with Crippen molar-refractivity contribution < 1.29 is 48.0 Å². The molecule has 0 aromatic heterocycles. The molecule has 0 bridgehead atoms. The molecule has 42 heavy (non-hydrogen) atoms. The number of primary amides is 1. The van der Waals surface area contributed by atoms with Gasteiger partial charge < -0.3 is 36.4 Å². The van der Waals surface area contributed by atoms with E-state index >= 15 is 0 Å². The number of amides is 1. The van der Waals surface area contributed by atoms with Gasteiger partial charge in [0.15, 0.2) is 11.4 Å². The van der Waals surface area contributed by atoms with E-state index in [1.807, 2.05) is 0 Å². The summed E-state index contributed by atoms with van der Waals surface area (Å²) in [4.78, 5) is 42.3. The smallest absolute Gasteiger partial charge is 0.390 e. The summed E-state index contributed by atoms with van der Waals surface area (Å²) in [6.45, 7) is -0.598. The van der Waals surface area contributed by atoms with Gasteiger partial charge in [-0.05, 0) is 44.5 Å². The van der Waals surface area contributed by atoms with Crippen molar-refractivity contribution in [2.45, 2.75) is 51.1 Å². The van der Waals surface area contributed by atoms with Crippen LogP contribution >= 0.6 is 0 Å². The van der Waals surface area contributed by atoms with Crippen molar-refractivity contribution >= 4 is 28.9 Å². The number of aromatic hydroxyl groups is 1. The molecule has 0 radical (unpaired) electrons. The van der Waals surface area contributed by atoms with Gasteiger partial charge in [-0.15, -0.1) is 0 Å². The number of ketones is 2. The number of phenolic OH excluding ortho intramolecular Hbond substituents is 1. The highest BCUT2D eigenvalue weighted by Crippen LogP contribution is 2.54. The highest BCUT2D eigenvalue weighted by molar-refractivity contribution is 6.24. The molecule has 1 aromatic carbocycles. The van der Waals surface area contributed by atoms with Gasteiger partial charge >= 0.3 is 6.18 Å². The van der Waals surface area contributed by atoms with Crippen LogP contribution in [0.1, 0.15) is 37.0 Å². The van der Waals surface area contributed by atoms with Crippen LogP contribution in [-0.2, 0) is 27.3 Å². The number of Topliss-reactive ketones (excluding diaryl/α,β-unsaturated/α-hetero) is 2. The SMILES string of the molecule is C.CN(C)c1cc(CNCCC(F)(F)F)c(O)c2c1C[C@H]1C[C@H]3[C@H](N(C)C)C(=O)C(C(N)=O)=C(O)[C@@]3(O)C(=O)C1=C2O. The van der Waals surface area contributed by atoms with E-state index in [9.17, 15) is 48.0 Å². The Morgan fingerprint density at radius 2 is 1.79 bits per heavy atom. The Bertz CT molecular complexity index is 1390. The third-order valence-electron chi connectivity index (χ3n) is 8.16. The molecule has 1 aromatic rings. The fraction of sp³-hybridized carbons (Fsp3) is 0.536. The van der Waals surface area contributed by atoms with Gasteiger partial charge in [0.2, 0.25) is 5.78 Å². The number of hydrogen-bond donors (Lipinski definition) is 6. The summed E-state index contributed by atoms with van der Waals surface area (Å²) in [7, 11) is 6.43. The number of hydrogen-bond acceptors (Lipinski definition) is 10. The molecular formula is C28H37F3N4O7. The van der Waals surface area contributed by atoms with Crippen molar-refractivity contribution in [2.24, 2.45) is 17.6 Å². The minimum atomic E-state index is -4.37. The molecule has 1 saturated carbocycles. The highest BCUT2D eigenvalue weighted by atomic mass is 19.4. The van der Waals surface area contributed by atoms with Crippen LogP contribution in [0.5, 0.6) is 5.75 Å². The number of fused-ring (bicyclic) bond motifs is 3. The monoisotopic (exact) mass is 598 g/mol. The van der Waals surface area contributed by atoms with Gasteiger partial charge in [0.1, 0.15) is 22.8 Å². The van der Waals surface area contributed by atoms with E-state index in [2.05, 4.69) is 5.32 Å². The second-order valence-electron chi connectivity index (χ2n) is 11.2. The molecule has 7 N–H and O–H groups in total. The van der Waals surface area contributed by atoms with Crippen LogP contribution in [0.4, 0.5) is 18.9 Å². The molecule has 4 atom stereocenters. The van der Waals surface area contributed by atoms with Crippen LogP contribution in [0.3, 0.4) is 0 Å². The first-order chi connectivity index (χ1) is 18.9. The average Bonchev–Trinajstić information content (AvgIpc) is 2.83. The van der Waals surface area contributed by atoms with Crippen LogP contribution in [0.25, 0.3) is 5.76 Å². The molecule has 3 aliphatic rings. The van der Waals surface area contributed by atoms with Gasteiger partial charge in [0, 0.05) is 49.9 Å². The molecule has 3 aliphatic carbocycles. The number of alkyl halides is 3. The van der Waals surface area contributed by atoms with E-state index in [1.54, 1.807) is 25.1 Å². The highest BCUT2D eigenvalue weighted by Gasteiger charge is 2.64. The van der Waals surface area contributed by atoms with Gasteiger partial charge in [0.25, 0.3) is 5.91 Å². The number of halogens is 3. The molecule has 232 valence electrons. The molecule has 11 nitrogen and oxygen atoms in total. The van der Waals surface area contributed by atoms with Crippen molar-refractivity contribution in [3.05, 3.63) is 39.7 Å². The number of aliphatic hydroxyl groups excluding tert-OH is 2. The number of nitrogens with two attached hydrogens (primary N) is 1. The number of nitrogens with zero attached hydrogens (tertiary/aromatic N) is 2. The number of aliphatic hydroxyl groups is 3. The predicted molar refractivity (Wildman–Crippen MR) is 148 cm³/mol. The number of phenols is 1. The van der Waals surface area contributed by atoms with Crippen molar-refractivity contribution in [3.63, 3.8) is 0 Å². The molecule has 1 fully saturated rings. The fourth-order valence-electron chi connectivity index (χ4n) is 6.33. The topological polar surface area (TPSA) is 177 Å². The van der Waals surface area contributed by atoms with Crippen LogP contribution in [0.15, 0.2) is 23.0 Å². The third kappa shape index (κ3) is 5.11. The average molecular weight is 599 g/mol. The second kappa shape index (κ2) is 11.2. The lowest BCUT2D eigenvalue weighted by molar-refractivity contribution is -0.153. The molecule has 0 unspecified atom stereocenters. The Balaban J connectivity index is 0.00000484. The molecule has 4 rings (SSSR count). The lowest BCUT2D eigenvalue weighted by atomic mass is 9.57. The summed E-state index contributed by atoms with van der Waals surface area (Å²) in [6.07, 6.45) is -5.43. The first-order valence-corrected chi connectivity index (χ1v) is 12.9. The lowest BCUT2D eigenvalue weighted by Crippen LogP contribution is -2.65. The first-order valence-electron chi connectivity index (χ1n) is 12.9. The fourth-order valence-corrected chi connectivity index (χ4v) is 6.33. The van der Waals surface area contributed by atoms with Gasteiger partial charge in [-0.3, -0.25) is 19.3 Å². The maximum absolute atomic E-state index is 14.0. The Morgan fingerprint density at radius 3 is 2.31 bits per heavy atom. The van der Waals surface area contributed by atoms with Crippen molar-refractivity contribution in [2.75, 3.05) is 39.6 Å². The number of nitrogens with one attached hydrogen (secondary N) is 1. The van der Waals surface area contributed by atoms with Crippen LogP contribution in [-0.4, -0.2) is 95.4 Å². The lowest BCUT2D eigenvalue weighted by Gasteiger charge is -2.50. The molecule has 0 heterocycles. The summed E-state index contributed by atoms with van der Waals surface area (Å²) >= 11 is 0. The number of carbonyl (C=O) groups is 3. The predicted octanol–water partition coefficient (Wildman–Crippen LogP) is 1.71. The largest absolute Gasteiger partial charge is 0.508 e. The number of likely N-dealkylation sites (N-methyl/N-ethyl adjacent to an activating group) is 1. The zero-order chi connectivity index (χ0) is 30.8. The quantitative estimate of drug-likeness (QED) is 0.200. The van der Waals surface area contributed by atoms with Crippen LogP contribution in [0, 0.1) is 11.8 Å². The van der Waals surface area contributed by atoms with Crippen molar-refractivity contribution in [3.8, 4) is 5.75 Å². The molecule has 14 heteroatoms. The van der Waals surface area contributed by atoms with E-state index in [0.29, 0.717) is 11.3 Å². The summed E-state index contributed by atoms with van der Waals surface area (Å²) < 4.78 is 37.7. The van der Waals surface area contributed by atoms with E-state index in [-0.39, 0.29) is 43.5 Å². The van der Waals surface area contributed by atoms with E-state index in [1.165, 1.54) is 19.0 Å². The van der Waals surface area contributed by atoms with Gasteiger partial charge in [0.05, 0.1) is 18.0 Å². The third-order valence-corrected chi connectivity index (χ3v) is 8.16. The first kappa shape index (κ1) is 32.9. The second-order valence-corrected chi connectivity index (χ2v) is 11.2. The number of benzene rings is 1. The zero-order valence-electron chi connectivity index (χ0n) is 23.0. The van der Waals surface area contributed by atoms with E-state index < -0.39 is 82.9 Å². The molecule has 0 spiro atoms. The van der Waals surface area contributed by atoms with E-state index in [0.717, 1.165) is 0 Å². The van der Waals surface area contributed by atoms with Crippen LogP contribution in [0.2, 0.25) is 0 Å². The van der Waals surface area contributed by atoms with Gasteiger partial charge in [-0.1, -0.05) is 7.43 Å². The van der Waals surface area contributed by atoms with Gasteiger partial charge in [-0.2, -0.15) is 13.2 Å². The number of anilines is 1. The Morgan fingerprint density at radius 1 is 1.17 bits per heavy atom. The maximum Gasteiger partial charge on any atom is 0.390 e. The minimum Gasteiger partial charge on any atom is -0.508 e. The van der Waals surface area contributed by atoms with Crippen molar-refractivity contribution in [1.29, 1.82) is 0 Å². The molecule has 1 amide bonds. The Hall–Kier alpha value is -3.62.